The average Bonchev–Trinajstić information content (AvgIpc) is 3.46. The van der Waals surface area contributed by atoms with Crippen LogP contribution in [0.25, 0.3) is 16.9 Å². The molecule has 1 aliphatic heterocycles. The van der Waals surface area contributed by atoms with Gasteiger partial charge in [-0.2, -0.15) is 10.4 Å². The number of aromatic nitrogens is 5. The van der Waals surface area contributed by atoms with Gasteiger partial charge in [0.2, 0.25) is 5.95 Å². The Hall–Kier alpha value is -3.93. The van der Waals surface area contributed by atoms with Gasteiger partial charge in [-0.3, -0.25) is 9.08 Å². The van der Waals surface area contributed by atoms with Gasteiger partial charge < -0.3 is 10.1 Å². The summed E-state index contributed by atoms with van der Waals surface area (Å²) in [6, 6.07) is 7.00. The van der Waals surface area contributed by atoms with E-state index in [0.717, 1.165) is 22.6 Å². The number of nitriles is 1. The number of hydrogen-bond donors (Lipinski definition) is 1. The Bertz CT molecular complexity index is 1280. The summed E-state index contributed by atoms with van der Waals surface area (Å²) in [5, 5.41) is 16.7. The molecule has 0 radical (unpaired) electrons. The second-order valence-corrected chi connectivity index (χ2v) is 6.72. The fourth-order valence-corrected chi connectivity index (χ4v) is 3.65. The van der Waals surface area contributed by atoms with Crippen molar-refractivity contribution in [1.29, 1.82) is 5.26 Å². The van der Waals surface area contributed by atoms with Crippen molar-refractivity contribution < 1.29 is 9.13 Å². The molecule has 4 heterocycles. The van der Waals surface area contributed by atoms with Gasteiger partial charge in [-0.25, -0.2) is 14.4 Å². The predicted octanol–water partition coefficient (Wildman–Crippen LogP) is 2.69. The molecule has 0 saturated carbocycles. The zero-order valence-corrected chi connectivity index (χ0v) is 15.6. The minimum Gasteiger partial charge on any atom is -0.493 e. The Morgan fingerprint density at radius 2 is 2.24 bits per heavy atom. The van der Waals surface area contributed by atoms with E-state index in [0.29, 0.717) is 30.2 Å². The van der Waals surface area contributed by atoms with Crippen LogP contribution in [0, 0.1) is 17.1 Å². The van der Waals surface area contributed by atoms with Crippen LogP contribution in [-0.4, -0.2) is 30.8 Å². The minimum absolute atomic E-state index is 0.242. The molecule has 1 N–H and O–H groups in total. The van der Waals surface area contributed by atoms with Crippen molar-refractivity contribution >= 4 is 11.6 Å². The third-order valence-electron chi connectivity index (χ3n) is 5.07. The Kier molecular flexibility index (Phi) is 3.91. The van der Waals surface area contributed by atoms with Crippen molar-refractivity contribution in [3.05, 3.63) is 59.4 Å². The maximum absolute atomic E-state index is 14.4. The third kappa shape index (κ3) is 2.77. The van der Waals surface area contributed by atoms with Crippen LogP contribution in [0.1, 0.15) is 16.8 Å². The zero-order chi connectivity index (χ0) is 20.0. The van der Waals surface area contributed by atoms with E-state index in [9.17, 15) is 9.65 Å². The lowest BCUT2D eigenvalue weighted by Gasteiger charge is -2.13. The lowest BCUT2D eigenvalue weighted by molar-refractivity contribution is 0.356. The molecule has 0 bridgehead atoms. The Balaban J connectivity index is 1.56. The first-order valence-corrected chi connectivity index (χ1v) is 9.09. The summed E-state index contributed by atoms with van der Waals surface area (Å²) in [4.78, 5) is 8.90. The van der Waals surface area contributed by atoms with E-state index in [1.54, 1.807) is 33.7 Å². The number of halogens is 1. The van der Waals surface area contributed by atoms with Crippen molar-refractivity contribution in [1.82, 2.24) is 24.1 Å². The molecular weight excluding hydrogens is 373 g/mol. The van der Waals surface area contributed by atoms with Crippen LogP contribution in [0.15, 0.2) is 36.8 Å². The monoisotopic (exact) mass is 389 g/mol. The van der Waals surface area contributed by atoms with Gasteiger partial charge in [-0.05, 0) is 18.2 Å². The number of rotatable bonds is 4. The fourth-order valence-electron chi connectivity index (χ4n) is 3.65. The highest BCUT2D eigenvalue weighted by Gasteiger charge is 2.20. The molecule has 4 aromatic rings. The molecule has 1 aliphatic rings. The zero-order valence-electron chi connectivity index (χ0n) is 15.6. The number of ether oxygens (including phenoxy) is 1. The van der Waals surface area contributed by atoms with Gasteiger partial charge in [-0.15, -0.1) is 0 Å². The van der Waals surface area contributed by atoms with Gasteiger partial charge >= 0.3 is 0 Å². The van der Waals surface area contributed by atoms with E-state index in [1.165, 1.54) is 6.07 Å². The molecule has 0 aliphatic carbocycles. The first kappa shape index (κ1) is 17.2. The first-order valence-electron chi connectivity index (χ1n) is 9.09. The van der Waals surface area contributed by atoms with Gasteiger partial charge in [0.1, 0.15) is 17.6 Å². The van der Waals surface area contributed by atoms with Crippen molar-refractivity contribution in [2.24, 2.45) is 7.05 Å². The molecule has 29 heavy (non-hydrogen) atoms. The summed E-state index contributed by atoms with van der Waals surface area (Å²) >= 11 is 0. The highest BCUT2D eigenvalue weighted by atomic mass is 19.1. The number of hydrogen-bond acceptors (Lipinski definition) is 6. The van der Waals surface area contributed by atoms with Crippen LogP contribution >= 0.6 is 0 Å². The Morgan fingerprint density at radius 3 is 3.03 bits per heavy atom. The maximum Gasteiger partial charge on any atom is 0.208 e. The normalized spacial score (nSPS) is 12.6. The van der Waals surface area contributed by atoms with E-state index in [-0.39, 0.29) is 18.1 Å². The number of fused-ring (bicyclic) bond motifs is 2. The number of nitrogens with zero attached hydrogens (tertiary/aromatic N) is 6. The Morgan fingerprint density at radius 1 is 1.34 bits per heavy atom. The van der Waals surface area contributed by atoms with Crippen LogP contribution < -0.4 is 10.1 Å². The molecule has 5 rings (SSSR count). The van der Waals surface area contributed by atoms with E-state index >= 15 is 0 Å². The van der Waals surface area contributed by atoms with Gasteiger partial charge in [0.25, 0.3) is 0 Å². The quantitative estimate of drug-likeness (QED) is 0.577. The average molecular weight is 389 g/mol. The summed E-state index contributed by atoms with van der Waals surface area (Å²) in [6.07, 6.45) is 5.65. The molecule has 0 saturated heterocycles. The van der Waals surface area contributed by atoms with Crippen LogP contribution in [-0.2, 0) is 20.0 Å². The van der Waals surface area contributed by atoms with Crippen molar-refractivity contribution in [3.8, 4) is 23.1 Å². The first-order chi connectivity index (χ1) is 14.2. The molecule has 144 valence electrons. The topological polar surface area (TPSA) is 93.1 Å². The number of imidazole rings is 1. The molecular formula is C20H16FN7O. The largest absolute Gasteiger partial charge is 0.493 e. The standard InChI is InChI=1S/C20H16FN7O/c1-27-17(4-6-25-27)15-10-24-20(28-11-12(8-22)26-19(15)28)23-9-14-13-5-7-29-18(13)3-2-16(14)21/h2-4,6,10-11H,5,7,9H2,1H3,(H,23,24). The van der Waals surface area contributed by atoms with E-state index in [1.807, 2.05) is 13.1 Å². The van der Waals surface area contributed by atoms with Crippen LogP contribution in [0.5, 0.6) is 5.75 Å². The molecule has 1 aromatic carbocycles. The van der Waals surface area contributed by atoms with Gasteiger partial charge in [0.15, 0.2) is 11.3 Å². The molecule has 9 heteroatoms. The maximum atomic E-state index is 14.4. The molecule has 0 fully saturated rings. The van der Waals surface area contributed by atoms with Gasteiger partial charge in [0, 0.05) is 43.5 Å². The summed E-state index contributed by atoms with van der Waals surface area (Å²) in [6.45, 7) is 0.798. The second-order valence-electron chi connectivity index (χ2n) is 6.72. The highest BCUT2D eigenvalue weighted by Crippen LogP contribution is 2.31. The lowest BCUT2D eigenvalue weighted by atomic mass is 10.0. The van der Waals surface area contributed by atoms with Gasteiger partial charge in [0.05, 0.1) is 24.1 Å². The smallest absolute Gasteiger partial charge is 0.208 e. The van der Waals surface area contributed by atoms with Gasteiger partial charge in [-0.1, -0.05) is 0 Å². The molecule has 3 aromatic heterocycles. The molecule has 8 nitrogen and oxygen atoms in total. The molecule has 0 atom stereocenters. The summed E-state index contributed by atoms with van der Waals surface area (Å²) in [7, 11) is 1.83. The number of aryl methyl sites for hydroxylation is 1. The van der Waals surface area contributed by atoms with Crippen molar-refractivity contribution in [3.63, 3.8) is 0 Å². The lowest BCUT2D eigenvalue weighted by Crippen LogP contribution is -2.10. The molecule has 0 unspecified atom stereocenters. The summed E-state index contributed by atoms with van der Waals surface area (Å²) in [5.74, 6) is 0.908. The summed E-state index contributed by atoms with van der Waals surface area (Å²) in [5.41, 5.74) is 3.86. The van der Waals surface area contributed by atoms with Crippen molar-refractivity contribution in [2.45, 2.75) is 13.0 Å². The summed E-state index contributed by atoms with van der Waals surface area (Å²) < 4.78 is 23.4. The van der Waals surface area contributed by atoms with Crippen LogP contribution in [0.2, 0.25) is 0 Å². The predicted molar refractivity (Wildman–Crippen MR) is 103 cm³/mol. The molecule has 0 amide bonds. The van der Waals surface area contributed by atoms with E-state index < -0.39 is 0 Å². The molecule has 0 spiro atoms. The van der Waals surface area contributed by atoms with Crippen LogP contribution in [0.4, 0.5) is 10.3 Å². The highest BCUT2D eigenvalue weighted by molar-refractivity contribution is 5.76. The Labute approximate surface area is 165 Å². The fraction of sp³-hybridized carbons (Fsp3) is 0.200. The van der Waals surface area contributed by atoms with Crippen molar-refractivity contribution in [2.75, 3.05) is 11.9 Å². The van der Waals surface area contributed by atoms with E-state index in [2.05, 4.69) is 26.5 Å². The number of benzene rings is 1. The second kappa shape index (κ2) is 6.60. The minimum atomic E-state index is -0.284. The SMILES string of the molecule is Cn1nccc1-c1cnc(NCc2c(F)ccc3c2CCO3)n2cc(C#N)nc12. The number of nitrogens with one attached hydrogen (secondary N) is 1. The van der Waals surface area contributed by atoms with Crippen LogP contribution in [0.3, 0.4) is 0 Å². The number of anilines is 1. The third-order valence-corrected chi connectivity index (χ3v) is 5.07. The van der Waals surface area contributed by atoms with E-state index in [4.69, 9.17) is 4.74 Å².